The molecule has 0 amide bonds. The highest BCUT2D eigenvalue weighted by molar-refractivity contribution is 6.22. The summed E-state index contributed by atoms with van der Waals surface area (Å²) in [7, 11) is 0. The topological polar surface area (TPSA) is 38.9 Å². The van der Waals surface area contributed by atoms with Crippen LogP contribution >= 0.6 is 11.6 Å². The molecule has 1 atom stereocenters. The fourth-order valence-electron chi connectivity index (χ4n) is 2.86. The van der Waals surface area contributed by atoms with Crippen LogP contribution in [-0.4, -0.2) is 10.2 Å². The van der Waals surface area contributed by atoms with Gasteiger partial charge in [0, 0.05) is 6.42 Å². The summed E-state index contributed by atoms with van der Waals surface area (Å²) in [6.45, 7) is 0. The van der Waals surface area contributed by atoms with Crippen molar-refractivity contribution < 1.29 is 4.42 Å². The molecule has 106 valence electrons. The van der Waals surface area contributed by atoms with Crippen LogP contribution < -0.4 is 0 Å². The van der Waals surface area contributed by atoms with Crippen LogP contribution in [-0.2, 0) is 6.42 Å². The molecule has 1 saturated carbocycles. The van der Waals surface area contributed by atoms with E-state index in [4.69, 9.17) is 16.0 Å². The van der Waals surface area contributed by atoms with Crippen molar-refractivity contribution in [2.45, 2.75) is 43.9 Å². The lowest BCUT2D eigenvalue weighted by atomic mass is 10.0. The summed E-state index contributed by atoms with van der Waals surface area (Å²) in [6, 6.07) is 9.83. The maximum atomic E-state index is 6.38. The van der Waals surface area contributed by atoms with E-state index in [0.717, 1.165) is 24.3 Å². The van der Waals surface area contributed by atoms with Gasteiger partial charge >= 0.3 is 0 Å². The zero-order valence-corrected chi connectivity index (χ0v) is 12.2. The summed E-state index contributed by atoms with van der Waals surface area (Å²) >= 11 is 6.38. The second-order valence-corrected chi connectivity index (χ2v) is 5.93. The van der Waals surface area contributed by atoms with Crippen molar-refractivity contribution in [2.24, 2.45) is 5.92 Å². The van der Waals surface area contributed by atoms with Gasteiger partial charge in [0.1, 0.15) is 5.38 Å². The lowest BCUT2D eigenvalue weighted by Crippen LogP contribution is -1.96. The third kappa shape index (κ3) is 3.21. The van der Waals surface area contributed by atoms with E-state index in [2.05, 4.69) is 10.2 Å². The number of hydrogen-bond donors (Lipinski definition) is 0. The van der Waals surface area contributed by atoms with Gasteiger partial charge in [-0.05, 0) is 17.9 Å². The number of rotatable bonds is 5. The fraction of sp³-hybridized carbons (Fsp3) is 0.500. The Bertz CT molecular complexity index is 534. The lowest BCUT2D eigenvalue weighted by molar-refractivity contribution is 0.418. The van der Waals surface area contributed by atoms with Gasteiger partial charge in [0.15, 0.2) is 0 Å². The SMILES string of the molecule is Cl[C@H](c1ccccc1)c1nnc(CCC2CCCC2)o1. The number of benzene rings is 1. The van der Waals surface area contributed by atoms with Gasteiger partial charge in [0.25, 0.3) is 0 Å². The predicted molar refractivity (Wildman–Crippen MR) is 78.7 cm³/mol. The highest BCUT2D eigenvalue weighted by Gasteiger charge is 2.19. The first-order valence-corrected chi connectivity index (χ1v) is 7.78. The van der Waals surface area contributed by atoms with Crippen LogP contribution in [0.3, 0.4) is 0 Å². The van der Waals surface area contributed by atoms with Crippen molar-refractivity contribution >= 4 is 11.6 Å². The first-order chi connectivity index (χ1) is 9.83. The Kier molecular flexibility index (Phi) is 4.36. The van der Waals surface area contributed by atoms with E-state index < -0.39 is 0 Å². The molecule has 0 unspecified atom stereocenters. The number of hydrogen-bond acceptors (Lipinski definition) is 3. The summed E-state index contributed by atoms with van der Waals surface area (Å²) in [4.78, 5) is 0. The highest BCUT2D eigenvalue weighted by Crippen LogP contribution is 2.30. The fourth-order valence-corrected chi connectivity index (χ4v) is 3.09. The molecule has 0 radical (unpaired) electrons. The molecule has 2 aromatic rings. The van der Waals surface area contributed by atoms with Crippen LogP contribution in [0.1, 0.15) is 54.8 Å². The van der Waals surface area contributed by atoms with E-state index in [1.807, 2.05) is 30.3 Å². The second kappa shape index (κ2) is 6.40. The number of aromatic nitrogens is 2. The first-order valence-electron chi connectivity index (χ1n) is 7.34. The van der Waals surface area contributed by atoms with Crippen molar-refractivity contribution in [3.8, 4) is 0 Å². The Morgan fingerprint density at radius 3 is 2.65 bits per heavy atom. The summed E-state index contributed by atoms with van der Waals surface area (Å²) in [5, 5.41) is 7.85. The maximum absolute atomic E-state index is 6.38. The largest absolute Gasteiger partial charge is 0.423 e. The van der Waals surface area contributed by atoms with Crippen LogP contribution in [0, 0.1) is 5.92 Å². The van der Waals surface area contributed by atoms with Gasteiger partial charge in [-0.15, -0.1) is 21.8 Å². The molecule has 1 aliphatic rings. The van der Waals surface area contributed by atoms with E-state index in [9.17, 15) is 0 Å². The Morgan fingerprint density at radius 1 is 1.15 bits per heavy atom. The first kappa shape index (κ1) is 13.6. The summed E-state index contributed by atoms with van der Waals surface area (Å²) in [6.07, 6.45) is 7.47. The third-order valence-electron chi connectivity index (χ3n) is 4.03. The molecule has 3 rings (SSSR count). The predicted octanol–water partition coefficient (Wildman–Crippen LogP) is 4.52. The summed E-state index contributed by atoms with van der Waals surface area (Å²) < 4.78 is 5.71. The molecule has 1 heterocycles. The van der Waals surface area contributed by atoms with E-state index >= 15 is 0 Å². The minimum atomic E-state index is -0.357. The minimum Gasteiger partial charge on any atom is -0.423 e. The molecular formula is C16H19ClN2O. The van der Waals surface area contributed by atoms with Gasteiger partial charge in [0.2, 0.25) is 11.8 Å². The van der Waals surface area contributed by atoms with Crippen LogP contribution in [0.15, 0.2) is 34.7 Å². The summed E-state index contributed by atoms with van der Waals surface area (Å²) in [5.41, 5.74) is 0.986. The van der Waals surface area contributed by atoms with Crippen LogP contribution in [0.4, 0.5) is 0 Å². The van der Waals surface area contributed by atoms with Gasteiger partial charge in [-0.1, -0.05) is 56.0 Å². The zero-order valence-electron chi connectivity index (χ0n) is 11.5. The minimum absolute atomic E-state index is 0.357. The molecule has 3 nitrogen and oxygen atoms in total. The molecule has 1 aromatic carbocycles. The standard InChI is InChI=1S/C16H19ClN2O/c17-15(13-8-2-1-3-9-13)16-19-18-14(20-16)11-10-12-6-4-5-7-12/h1-3,8-9,12,15H,4-7,10-11H2/t15-/m1/s1. The molecule has 1 fully saturated rings. The van der Waals surface area contributed by atoms with Gasteiger partial charge in [-0.2, -0.15) is 0 Å². The average molecular weight is 291 g/mol. The number of nitrogens with zero attached hydrogens (tertiary/aromatic N) is 2. The van der Waals surface area contributed by atoms with Gasteiger partial charge in [-0.25, -0.2) is 0 Å². The Balaban J connectivity index is 1.61. The van der Waals surface area contributed by atoms with Gasteiger partial charge in [0.05, 0.1) is 0 Å². The Morgan fingerprint density at radius 2 is 1.90 bits per heavy atom. The van der Waals surface area contributed by atoms with Crippen molar-refractivity contribution in [1.29, 1.82) is 0 Å². The van der Waals surface area contributed by atoms with Crippen molar-refractivity contribution in [1.82, 2.24) is 10.2 Å². The second-order valence-electron chi connectivity index (χ2n) is 5.50. The maximum Gasteiger partial charge on any atom is 0.238 e. The molecule has 0 saturated heterocycles. The number of halogens is 1. The lowest BCUT2D eigenvalue weighted by Gasteiger charge is -2.06. The molecule has 20 heavy (non-hydrogen) atoms. The van der Waals surface area contributed by atoms with Crippen molar-refractivity contribution in [3.05, 3.63) is 47.7 Å². The van der Waals surface area contributed by atoms with E-state index in [1.54, 1.807) is 0 Å². The van der Waals surface area contributed by atoms with E-state index in [-0.39, 0.29) is 5.38 Å². The molecule has 4 heteroatoms. The molecule has 1 aromatic heterocycles. The van der Waals surface area contributed by atoms with Crippen molar-refractivity contribution in [2.75, 3.05) is 0 Å². The van der Waals surface area contributed by atoms with Crippen molar-refractivity contribution in [3.63, 3.8) is 0 Å². The van der Waals surface area contributed by atoms with E-state index in [1.165, 1.54) is 25.7 Å². The average Bonchev–Trinajstić information content (AvgIpc) is 3.17. The number of aryl methyl sites for hydroxylation is 1. The van der Waals surface area contributed by atoms with Crippen LogP contribution in [0.2, 0.25) is 0 Å². The monoisotopic (exact) mass is 290 g/mol. The Labute approximate surface area is 124 Å². The molecule has 0 bridgehead atoms. The molecule has 0 N–H and O–H groups in total. The summed E-state index contributed by atoms with van der Waals surface area (Å²) in [5.74, 6) is 2.05. The molecular weight excluding hydrogens is 272 g/mol. The van der Waals surface area contributed by atoms with Gasteiger partial charge in [-0.3, -0.25) is 0 Å². The quantitative estimate of drug-likeness (QED) is 0.760. The normalized spacial score (nSPS) is 17.4. The zero-order chi connectivity index (χ0) is 13.8. The van der Waals surface area contributed by atoms with Crippen LogP contribution in [0.25, 0.3) is 0 Å². The number of alkyl halides is 1. The Hall–Kier alpha value is -1.35. The smallest absolute Gasteiger partial charge is 0.238 e. The van der Waals surface area contributed by atoms with Gasteiger partial charge < -0.3 is 4.42 Å². The third-order valence-corrected chi connectivity index (χ3v) is 4.47. The highest BCUT2D eigenvalue weighted by atomic mass is 35.5. The molecule has 0 aliphatic heterocycles. The van der Waals surface area contributed by atoms with Crippen LogP contribution in [0.5, 0.6) is 0 Å². The molecule has 0 spiro atoms. The molecule has 1 aliphatic carbocycles. The van der Waals surface area contributed by atoms with E-state index in [0.29, 0.717) is 11.8 Å².